The molecule has 2 aliphatic rings. The summed E-state index contributed by atoms with van der Waals surface area (Å²) in [7, 11) is 0. The van der Waals surface area contributed by atoms with Crippen LogP contribution in [0.2, 0.25) is 0 Å². The Morgan fingerprint density at radius 3 is 2.62 bits per heavy atom. The molecule has 1 amide bonds. The molecule has 1 saturated heterocycles. The van der Waals surface area contributed by atoms with E-state index in [4.69, 9.17) is 10.7 Å². The van der Waals surface area contributed by atoms with Gasteiger partial charge in [0.1, 0.15) is 17.9 Å². The normalized spacial score (nSPS) is 19.4. The van der Waals surface area contributed by atoms with E-state index in [0.717, 1.165) is 61.3 Å². The van der Waals surface area contributed by atoms with Gasteiger partial charge in [0, 0.05) is 23.7 Å². The average Bonchev–Trinajstić information content (AvgIpc) is 3.05. The van der Waals surface area contributed by atoms with Crippen LogP contribution in [0.5, 0.6) is 5.75 Å². The van der Waals surface area contributed by atoms with Gasteiger partial charge in [0.2, 0.25) is 5.91 Å². The fourth-order valence-electron chi connectivity index (χ4n) is 4.84. The Hall–Kier alpha value is -4.43. The monoisotopic (exact) mass is 668 g/mol. The minimum Gasteiger partial charge on any atom is -0.406 e. The van der Waals surface area contributed by atoms with Crippen molar-refractivity contribution >= 4 is 46.9 Å². The quantitative estimate of drug-likeness (QED) is 0.139. The molecule has 2 atom stereocenters. The van der Waals surface area contributed by atoms with Crippen LogP contribution in [0, 0.1) is 11.8 Å². The lowest BCUT2D eigenvalue weighted by atomic mass is 9.95. The van der Waals surface area contributed by atoms with E-state index in [0.29, 0.717) is 28.9 Å². The Bertz CT molecular complexity index is 1530. The summed E-state index contributed by atoms with van der Waals surface area (Å²) >= 11 is 1.31. The van der Waals surface area contributed by atoms with Crippen LogP contribution in [0.25, 0.3) is 0 Å². The number of amidine groups is 2. The number of aliphatic imine (C=N–C) groups is 3. The summed E-state index contributed by atoms with van der Waals surface area (Å²) in [6.45, 7) is 6.77. The first-order valence-corrected chi connectivity index (χ1v) is 16.2. The third kappa shape index (κ3) is 12.4. The fourth-order valence-corrected chi connectivity index (χ4v) is 5.49. The molecule has 250 valence electrons. The van der Waals surface area contributed by atoms with Crippen molar-refractivity contribution < 1.29 is 22.7 Å². The molecule has 1 heterocycles. The van der Waals surface area contributed by atoms with Crippen LogP contribution in [0.3, 0.4) is 0 Å². The Kier molecular flexibility index (Phi) is 13.2. The first-order valence-electron chi connectivity index (χ1n) is 15.2. The Morgan fingerprint density at radius 1 is 1.17 bits per heavy atom. The number of hydrazone groups is 1. The highest BCUT2D eigenvalue weighted by Crippen LogP contribution is 2.27. The van der Waals surface area contributed by atoms with Gasteiger partial charge in [-0.25, -0.2) is 15.0 Å². The number of benzene rings is 2. The molecule has 0 aromatic heterocycles. The van der Waals surface area contributed by atoms with E-state index in [-0.39, 0.29) is 29.2 Å². The second-order valence-corrected chi connectivity index (χ2v) is 12.1. The molecular weight excluding hydrogens is 629 g/mol. The number of rotatable bonds is 11. The van der Waals surface area contributed by atoms with Gasteiger partial charge in [0.15, 0.2) is 5.17 Å². The van der Waals surface area contributed by atoms with Crippen molar-refractivity contribution in [2.24, 2.45) is 37.6 Å². The molecule has 4 rings (SSSR count). The molecule has 0 radical (unpaired) electrons. The highest BCUT2D eigenvalue weighted by atomic mass is 32.2. The second kappa shape index (κ2) is 17.5. The summed E-state index contributed by atoms with van der Waals surface area (Å²) in [6.07, 6.45) is 5.44. The number of amides is 1. The number of halogens is 3. The number of nitrogens with zero attached hydrogens (tertiary/aromatic N) is 4. The van der Waals surface area contributed by atoms with Crippen LogP contribution in [0.4, 0.5) is 18.9 Å². The number of hydrogen-bond donors (Lipinski definition) is 4. The molecule has 1 fully saturated rings. The lowest BCUT2D eigenvalue weighted by molar-refractivity contribution is -0.274. The first-order chi connectivity index (χ1) is 22.6. The molecule has 47 heavy (non-hydrogen) atoms. The predicted octanol–water partition coefficient (Wildman–Crippen LogP) is 5.65. The zero-order chi connectivity index (χ0) is 33.6. The largest absolute Gasteiger partial charge is 0.573 e. The minimum absolute atomic E-state index is 0.0466. The average molecular weight is 669 g/mol. The van der Waals surface area contributed by atoms with Gasteiger partial charge in [-0.3, -0.25) is 10.2 Å². The topological polar surface area (TPSA) is 138 Å². The predicted molar refractivity (Wildman–Crippen MR) is 183 cm³/mol. The molecule has 2 aromatic carbocycles. The van der Waals surface area contributed by atoms with Crippen molar-refractivity contribution in [1.82, 2.24) is 16.1 Å². The molecule has 0 spiro atoms. The lowest BCUT2D eigenvalue weighted by Gasteiger charge is -2.22. The maximum Gasteiger partial charge on any atom is 0.573 e. The number of nitrogens with one attached hydrogen (secondary N) is 3. The Morgan fingerprint density at radius 2 is 1.94 bits per heavy atom. The summed E-state index contributed by atoms with van der Waals surface area (Å²) in [5.74, 6) is 0.734. The summed E-state index contributed by atoms with van der Waals surface area (Å²) in [4.78, 5) is 25.7. The highest BCUT2D eigenvalue weighted by Gasteiger charge is 2.31. The molecule has 1 aliphatic carbocycles. The van der Waals surface area contributed by atoms with Crippen molar-refractivity contribution in [3.05, 3.63) is 83.1 Å². The smallest absolute Gasteiger partial charge is 0.406 e. The second-order valence-electron chi connectivity index (χ2n) is 11.1. The standard InChI is InChI=1S/C33H39F3N8O2S/c1-22-5-3-6-23(2)30(22)43-32(47-20-29(45)39-18-25-7-4-16-38-17-25)44-42-19-24-8-10-26(11-9-24)31(37)41-21-40-27-12-14-28(15-13-27)46-33(34,35)36/h3,5,8-15,19,21,23,25,38H,4,6-7,16-18,20H2,1-2H3,(H,39,45)(H,43,44)(H2,37,40,41)/b42-19+. The van der Waals surface area contributed by atoms with Crippen LogP contribution in [-0.4, -0.2) is 61.2 Å². The summed E-state index contributed by atoms with van der Waals surface area (Å²) < 4.78 is 40.8. The van der Waals surface area contributed by atoms with Gasteiger partial charge in [0.05, 0.1) is 17.7 Å². The molecule has 1 aliphatic heterocycles. The summed E-state index contributed by atoms with van der Waals surface area (Å²) in [5.41, 5.74) is 13.0. The van der Waals surface area contributed by atoms with Gasteiger partial charge in [-0.05, 0) is 80.6 Å². The molecule has 10 nitrogen and oxygen atoms in total. The third-order valence-corrected chi connectivity index (χ3v) is 8.19. The number of hydrogen-bond acceptors (Lipinski definition) is 7. The molecule has 2 unspecified atom stereocenters. The third-order valence-electron chi connectivity index (χ3n) is 7.33. The molecule has 2 aromatic rings. The van der Waals surface area contributed by atoms with Crippen LogP contribution in [0.15, 0.2) is 92.0 Å². The minimum atomic E-state index is -4.76. The van der Waals surface area contributed by atoms with E-state index >= 15 is 0 Å². The fraction of sp³-hybridized carbons (Fsp3) is 0.364. The molecule has 14 heteroatoms. The van der Waals surface area contributed by atoms with Crippen LogP contribution in [0.1, 0.15) is 44.2 Å². The summed E-state index contributed by atoms with van der Waals surface area (Å²) in [6, 6.07) is 12.3. The molecule has 0 saturated carbocycles. The molecule has 0 bridgehead atoms. The zero-order valence-electron chi connectivity index (χ0n) is 26.3. The van der Waals surface area contributed by atoms with Gasteiger partial charge in [-0.2, -0.15) is 5.10 Å². The van der Waals surface area contributed by atoms with Crippen molar-refractivity contribution in [2.75, 3.05) is 25.4 Å². The van der Waals surface area contributed by atoms with Crippen molar-refractivity contribution in [2.45, 2.75) is 39.5 Å². The maximum atomic E-state index is 12.6. The van der Waals surface area contributed by atoms with Crippen LogP contribution >= 0.6 is 11.8 Å². The lowest BCUT2D eigenvalue weighted by Crippen LogP contribution is -2.38. The zero-order valence-corrected chi connectivity index (χ0v) is 27.1. The van der Waals surface area contributed by atoms with Gasteiger partial charge in [-0.15, -0.1) is 13.2 Å². The van der Waals surface area contributed by atoms with E-state index in [1.54, 1.807) is 18.3 Å². The van der Waals surface area contributed by atoms with E-state index in [2.05, 4.69) is 55.0 Å². The van der Waals surface area contributed by atoms with Crippen LogP contribution in [-0.2, 0) is 4.79 Å². The van der Waals surface area contributed by atoms with E-state index in [1.807, 2.05) is 19.1 Å². The number of ether oxygens (including phenoxy) is 1. The van der Waals surface area contributed by atoms with Crippen molar-refractivity contribution in [1.29, 1.82) is 0 Å². The van der Waals surface area contributed by atoms with Gasteiger partial charge >= 0.3 is 6.36 Å². The number of piperidine rings is 1. The van der Waals surface area contributed by atoms with Gasteiger partial charge in [0.25, 0.3) is 0 Å². The maximum absolute atomic E-state index is 12.6. The van der Waals surface area contributed by atoms with Gasteiger partial charge in [-0.1, -0.05) is 55.1 Å². The Labute approximate surface area is 276 Å². The van der Waals surface area contributed by atoms with E-state index in [9.17, 15) is 18.0 Å². The molecule has 5 N–H and O–H groups in total. The SMILES string of the molecule is CC1=C(N=C(N/N=C/c2ccc(C(N)=NC=Nc3ccc(OC(F)(F)F)cc3)cc2)SCC(=O)NCC2CCCNC2)C(C)CC=C1. The number of thioether (sulfide) groups is 1. The number of alkyl halides is 3. The Balaban J connectivity index is 1.34. The molecular formula is C33H39F3N8O2S. The van der Waals surface area contributed by atoms with Crippen molar-refractivity contribution in [3.8, 4) is 5.75 Å². The van der Waals surface area contributed by atoms with Crippen LogP contribution < -0.4 is 26.5 Å². The number of nitrogens with two attached hydrogens (primary N) is 1. The number of allylic oxidation sites excluding steroid dienone is 4. The number of carbonyl (C=O) groups is 1. The van der Waals surface area contributed by atoms with E-state index < -0.39 is 6.36 Å². The first kappa shape index (κ1) is 35.4. The number of carbonyl (C=O) groups excluding carboxylic acids is 1. The highest BCUT2D eigenvalue weighted by molar-refractivity contribution is 8.14. The summed E-state index contributed by atoms with van der Waals surface area (Å²) in [5, 5.41) is 11.3. The van der Waals surface area contributed by atoms with Gasteiger partial charge < -0.3 is 21.1 Å². The van der Waals surface area contributed by atoms with E-state index in [1.165, 1.54) is 30.2 Å². The van der Waals surface area contributed by atoms with Crippen molar-refractivity contribution in [3.63, 3.8) is 0 Å².